The number of aromatic amines is 1. The molecule has 1 aliphatic rings. The highest BCUT2D eigenvalue weighted by molar-refractivity contribution is 8.00. The maximum Gasteiger partial charge on any atom is 0.326 e. The number of hydrogen-bond acceptors (Lipinski definition) is 8. The predicted octanol–water partition coefficient (Wildman–Crippen LogP) is -0.244. The molecule has 0 bridgehead atoms. The third kappa shape index (κ3) is 3.45. The number of imidazole rings is 1. The monoisotopic (exact) mass is 350 g/mol. The van der Waals surface area contributed by atoms with E-state index in [1.807, 2.05) is 0 Å². The van der Waals surface area contributed by atoms with Gasteiger partial charge in [0, 0.05) is 0 Å². The van der Waals surface area contributed by atoms with E-state index in [-0.39, 0.29) is 18.3 Å². The molecule has 2 amide bonds. The molecule has 2 aromatic rings. The van der Waals surface area contributed by atoms with Crippen LogP contribution < -0.4 is 5.32 Å². The Morgan fingerprint density at radius 2 is 2.29 bits per heavy atom. The lowest BCUT2D eigenvalue weighted by Gasteiger charge is -2.17. The summed E-state index contributed by atoms with van der Waals surface area (Å²) in [6.07, 6.45) is 1.67. The molecule has 11 heteroatoms. The first-order valence-corrected chi connectivity index (χ1v) is 8.20. The summed E-state index contributed by atoms with van der Waals surface area (Å²) in [5.41, 5.74) is 0.888. The summed E-state index contributed by atoms with van der Waals surface area (Å²) in [4.78, 5) is 51.5. The van der Waals surface area contributed by atoms with E-state index in [4.69, 9.17) is 4.74 Å². The quantitative estimate of drug-likeness (QED) is 0.706. The van der Waals surface area contributed by atoms with Gasteiger partial charge in [0.1, 0.15) is 18.4 Å². The zero-order chi connectivity index (χ0) is 17.1. The molecule has 24 heavy (non-hydrogen) atoms. The summed E-state index contributed by atoms with van der Waals surface area (Å²) >= 11 is 1.43. The van der Waals surface area contributed by atoms with Gasteiger partial charge in [-0.2, -0.15) is 0 Å². The number of rotatable bonds is 5. The van der Waals surface area contributed by atoms with Crippen molar-refractivity contribution in [3.63, 3.8) is 0 Å². The van der Waals surface area contributed by atoms with Crippen molar-refractivity contribution in [1.82, 2.24) is 24.8 Å². The molecule has 1 saturated heterocycles. The minimum Gasteiger partial charge on any atom is -0.451 e. The van der Waals surface area contributed by atoms with E-state index in [2.05, 4.69) is 25.3 Å². The van der Waals surface area contributed by atoms with Crippen molar-refractivity contribution in [3.05, 3.63) is 12.7 Å². The van der Waals surface area contributed by atoms with Crippen LogP contribution in [-0.2, 0) is 19.1 Å². The Balaban J connectivity index is 1.57. The number of H-pyrrole nitrogens is 1. The van der Waals surface area contributed by atoms with Crippen LogP contribution in [0.2, 0.25) is 0 Å². The van der Waals surface area contributed by atoms with Crippen molar-refractivity contribution in [2.75, 3.05) is 23.5 Å². The van der Waals surface area contributed by atoms with Gasteiger partial charge in [-0.3, -0.25) is 14.4 Å². The summed E-state index contributed by atoms with van der Waals surface area (Å²) in [6.45, 7) is 1.28. The van der Waals surface area contributed by atoms with Crippen molar-refractivity contribution in [2.45, 2.75) is 13.0 Å². The number of fused-ring (bicyclic) bond motifs is 1. The van der Waals surface area contributed by atoms with Crippen molar-refractivity contribution in [1.29, 1.82) is 0 Å². The second-order valence-corrected chi connectivity index (χ2v) is 5.97. The van der Waals surface area contributed by atoms with E-state index in [1.54, 1.807) is 0 Å². The molecule has 0 spiro atoms. The number of anilines is 1. The number of hydrogen-bond donors (Lipinski definition) is 2. The number of aromatic nitrogens is 4. The molecule has 0 aromatic carbocycles. The fourth-order valence-electron chi connectivity index (χ4n) is 2.06. The summed E-state index contributed by atoms with van der Waals surface area (Å²) in [5.74, 6) is -0.235. The molecule has 2 N–H and O–H groups in total. The van der Waals surface area contributed by atoms with Crippen LogP contribution in [0.1, 0.15) is 6.92 Å². The average molecular weight is 350 g/mol. The molecule has 1 fully saturated rings. The number of thioether (sulfide) groups is 1. The molecule has 0 radical (unpaired) electrons. The number of ether oxygens (including phenoxy) is 1. The molecule has 1 atom stereocenters. The van der Waals surface area contributed by atoms with Gasteiger partial charge in [-0.05, 0) is 6.92 Å². The molecule has 10 nitrogen and oxygen atoms in total. The first-order valence-electron chi connectivity index (χ1n) is 7.04. The van der Waals surface area contributed by atoms with Crippen molar-refractivity contribution in [2.24, 2.45) is 0 Å². The highest BCUT2D eigenvalue weighted by Crippen LogP contribution is 2.16. The molecule has 0 aliphatic carbocycles. The molecule has 1 aliphatic heterocycles. The molecule has 3 heterocycles. The fourth-order valence-corrected chi connectivity index (χ4v) is 2.97. The van der Waals surface area contributed by atoms with Crippen LogP contribution in [0.15, 0.2) is 12.7 Å². The largest absolute Gasteiger partial charge is 0.451 e. The van der Waals surface area contributed by atoms with E-state index < -0.39 is 18.0 Å². The van der Waals surface area contributed by atoms with E-state index >= 15 is 0 Å². The van der Waals surface area contributed by atoms with E-state index in [0.717, 1.165) is 0 Å². The fraction of sp³-hybridized carbons (Fsp3) is 0.385. The van der Waals surface area contributed by atoms with Gasteiger partial charge in [0.2, 0.25) is 5.91 Å². The normalized spacial score (nSPS) is 15.5. The number of carbonyl (C=O) groups is 3. The average Bonchev–Trinajstić information content (AvgIpc) is 3.17. The number of carbonyl (C=O) groups excluding carboxylic acids is 3. The topological polar surface area (TPSA) is 130 Å². The van der Waals surface area contributed by atoms with Crippen molar-refractivity contribution in [3.8, 4) is 0 Å². The maximum absolute atomic E-state index is 12.1. The molecular formula is C13H14N6O4S. The lowest BCUT2D eigenvalue weighted by Crippen LogP contribution is -2.36. The maximum atomic E-state index is 12.1. The van der Waals surface area contributed by atoms with Crippen LogP contribution in [-0.4, -0.2) is 66.9 Å². The van der Waals surface area contributed by atoms with Gasteiger partial charge >= 0.3 is 5.97 Å². The van der Waals surface area contributed by atoms with Gasteiger partial charge in [-0.25, -0.2) is 15.0 Å². The molecule has 2 aromatic heterocycles. The molecule has 126 valence electrons. The van der Waals surface area contributed by atoms with E-state index in [0.29, 0.717) is 22.8 Å². The Morgan fingerprint density at radius 3 is 3.04 bits per heavy atom. The first kappa shape index (κ1) is 16.2. The van der Waals surface area contributed by atoms with Crippen LogP contribution in [0.25, 0.3) is 11.2 Å². The van der Waals surface area contributed by atoms with Gasteiger partial charge < -0.3 is 19.9 Å². The number of nitrogens with zero attached hydrogens (tertiary/aromatic N) is 4. The van der Waals surface area contributed by atoms with Crippen molar-refractivity contribution < 1.29 is 19.1 Å². The summed E-state index contributed by atoms with van der Waals surface area (Å²) < 4.78 is 5.06. The van der Waals surface area contributed by atoms with Gasteiger partial charge in [0.05, 0.1) is 18.0 Å². The predicted molar refractivity (Wildman–Crippen MR) is 84.9 cm³/mol. The number of esters is 1. The third-order valence-electron chi connectivity index (χ3n) is 3.29. The second kappa shape index (κ2) is 6.83. The second-order valence-electron chi connectivity index (χ2n) is 5.01. The van der Waals surface area contributed by atoms with Crippen LogP contribution in [0.5, 0.6) is 0 Å². The summed E-state index contributed by atoms with van der Waals surface area (Å²) in [7, 11) is 0. The van der Waals surface area contributed by atoms with Crippen LogP contribution in [0.3, 0.4) is 0 Å². The van der Waals surface area contributed by atoms with Crippen molar-refractivity contribution >= 4 is 46.5 Å². The third-order valence-corrected chi connectivity index (χ3v) is 4.23. The van der Waals surface area contributed by atoms with Gasteiger partial charge in [0.25, 0.3) is 5.91 Å². The molecule has 0 unspecified atom stereocenters. The highest BCUT2D eigenvalue weighted by Gasteiger charge is 2.26. The Labute approximate surface area is 140 Å². The Hall–Kier alpha value is -2.69. The van der Waals surface area contributed by atoms with Crippen LogP contribution in [0.4, 0.5) is 5.82 Å². The summed E-state index contributed by atoms with van der Waals surface area (Å²) in [6, 6.07) is 0. The Bertz CT molecular complexity index is 794. The first-order chi connectivity index (χ1) is 11.5. The number of nitrogens with one attached hydrogen (secondary N) is 2. The van der Waals surface area contributed by atoms with E-state index in [9.17, 15) is 14.4 Å². The van der Waals surface area contributed by atoms with E-state index in [1.165, 1.54) is 36.2 Å². The molecule has 0 saturated carbocycles. The smallest absolute Gasteiger partial charge is 0.326 e. The van der Waals surface area contributed by atoms with Gasteiger partial charge in [-0.15, -0.1) is 11.8 Å². The number of amides is 2. The lowest BCUT2D eigenvalue weighted by molar-refractivity contribution is -0.155. The van der Waals surface area contributed by atoms with Gasteiger partial charge in [-0.1, -0.05) is 0 Å². The summed E-state index contributed by atoms with van der Waals surface area (Å²) in [5, 5.41) is 2.56. The minimum absolute atomic E-state index is 0.114. The Kier molecular flexibility index (Phi) is 4.60. The highest BCUT2D eigenvalue weighted by atomic mass is 32.2. The zero-order valence-corrected chi connectivity index (χ0v) is 13.5. The zero-order valence-electron chi connectivity index (χ0n) is 12.7. The van der Waals surface area contributed by atoms with Crippen LogP contribution >= 0.6 is 11.8 Å². The minimum atomic E-state index is -1.03. The lowest BCUT2D eigenvalue weighted by atomic mass is 10.3. The molecule has 3 rings (SSSR count). The standard InChI is InChI=1S/C13H14N6O4S/c1-7(23-9(21)2-19-6-24-3-8(19)20)13(22)18-12-10-11(15-4-14-10)16-5-17-12/h4-5,7H,2-3,6H2,1H3,(H2,14,15,16,17,18,22)/t7-/m0/s1. The molecular weight excluding hydrogens is 336 g/mol. The van der Waals surface area contributed by atoms with Gasteiger partial charge in [0.15, 0.2) is 17.6 Å². The SMILES string of the molecule is C[C@H](OC(=O)CN1CSCC1=O)C(=O)Nc1ncnc2nc[nH]c12. The van der Waals surface area contributed by atoms with Crippen LogP contribution in [0, 0.1) is 0 Å². The Morgan fingerprint density at radius 1 is 1.46 bits per heavy atom.